The van der Waals surface area contributed by atoms with E-state index in [9.17, 15) is 5.11 Å². The average molecular weight is 335 g/mol. The van der Waals surface area contributed by atoms with E-state index in [1.807, 2.05) is 6.07 Å². The topological polar surface area (TPSA) is 113 Å². The maximum absolute atomic E-state index is 9.77. The van der Waals surface area contributed by atoms with Crippen LogP contribution in [0.25, 0.3) is 0 Å². The van der Waals surface area contributed by atoms with Crippen LogP contribution in [0.1, 0.15) is 24.3 Å². The second kappa shape index (κ2) is 7.51. The van der Waals surface area contributed by atoms with Crippen LogP contribution in [-0.4, -0.2) is 51.0 Å². The van der Waals surface area contributed by atoms with Gasteiger partial charge in [-0.15, -0.1) is 10.2 Å². The van der Waals surface area contributed by atoms with Crippen molar-refractivity contribution in [3.8, 4) is 0 Å². The highest BCUT2D eigenvalue weighted by Crippen LogP contribution is 2.18. The molecule has 3 rings (SSSR count). The number of anilines is 3. The molecule has 23 heavy (non-hydrogen) atoms. The molecule has 0 aliphatic carbocycles. The van der Waals surface area contributed by atoms with Gasteiger partial charge in [0.15, 0.2) is 0 Å². The summed E-state index contributed by atoms with van der Waals surface area (Å²) in [5.41, 5.74) is 5.56. The van der Waals surface area contributed by atoms with Crippen molar-refractivity contribution in [3.05, 3.63) is 17.3 Å². The SMILES string of the molecule is Nc1nnc(CCCNc2nccc(N3CCC[C@H](O)C3)n2)s1. The lowest BCUT2D eigenvalue weighted by atomic mass is 10.1. The molecular formula is C14H21N7OS. The zero-order valence-electron chi connectivity index (χ0n) is 12.9. The number of nitrogens with two attached hydrogens (primary N) is 1. The predicted octanol–water partition coefficient (Wildman–Crippen LogP) is 0.916. The molecule has 0 bridgehead atoms. The molecule has 0 unspecified atom stereocenters. The zero-order chi connectivity index (χ0) is 16.1. The summed E-state index contributed by atoms with van der Waals surface area (Å²) in [7, 11) is 0. The molecule has 2 aromatic heterocycles. The van der Waals surface area contributed by atoms with Crippen LogP contribution in [-0.2, 0) is 6.42 Å². The van der Waals surface area contributed by atoms with E-state index in [-0.39, 0.29) is 6.10 Å². The molecule has 2 aromatic rings. The van der Waals surface area contributed by atoms with Crippen LogP contribution in [0, 0.1) is 0 Å². The Morgan fingerprint density at radius 1 is 1.43 bits per heavy atom. The van der Waals surface area contributed by atoms with E-state index in [2.05, 4.69) is 30.4 Å². The van der Waals surface area contributed by atoms with Gasteiger partial charge in [-0.05, 0) is 25.3 Å². The number of nitrogens with one attached hydrogen (secondary N) is 1. The molecule has 4 N–H and O–H groups in total. The van der Waals surface area contributed by atoms with E-state index >= 15 is 0 Å². The Kier molecular flexibility index (Phi) is 5.19. The van der Waals surface area contributed by atoms with Crippen LogP contribution >= 0.6 is 11.3 Å². The highest BCUT2D eigenvalue weighted by atomic mass is 32.1. The molecule has 1 aliphatic heterocycles. The number of piperidine rings is 1. The Hall–Kier alpha value is -2.00. The Labute approximate surface area is 138 Å². The molecule has 1 aliphatic rings. The largest absolute Gasteiger partial charge is 0.391 e. The Morgan fingerprint density at radius 3 is 3.13 bits per heavy atom. The van der Waals surface area contributed by atoms with Crippen LogP contribution in [0.5, 0.6) is 0 Å². The number of hydrogen-bond donors (Lipinski definition) is 3. The van der Waals surface area contributed by atoms with Gasteiger partial charge in [-0.3, -0.25) is 0 Å². The van der Waals surface area contributed by atoms with Gasteiger partial charge in [0.25, 0.3) is 0 Å². The first-order chi connectivity index (χ1) is 11.2. The minimum Gasteiger partial charge on any atom is -0.391 e. The summed E-state index contributed by atoms with van der Waals surface area (Å²) >= 11 is 1.42. The molecule has 3 heterocycles. The number of aliphatic hydroxyl groups excluding tert-OH is 1. The number of nitrogens with zero attached hydrogens (tertiary/aromatic N) is 5. The van der Waals surface area contributed by atoms with Gasteiger partial charge < -0.3 is 21.1 Å². The van der Waals surface area contributed by atoms with Gasteiger partial charge >= 0.3 is 0 Å². The lowest BCUT2D eigenvalue weighted by Gasteiger charge is -2.31. The van der Waals surface area contributed by atoms with Gasteiger partial charge in [0.05, 0.1) is 6.10 Å². The second-order valence-corrected chi connectivity index (χ2v) is 6.64. The molecule has 1 saturated heterocycles. The lowest BCUT2D eigenvalue weighted by Crippen LogP contribution is -2.38. The highest BCUT2D eigenvalue weighted by molar-refractivity contribution is 7.15. The summed E-state index contributed by atoms with van der Waals surface area (Å²) in [6, 6.07) is 1.88. The number of β-amino-alcohol motifs (C(OH)–C–C–N with tert-alkyl or cyclic N) is 1. The summed E-state index contributed by atoms with van der Waals surface area (Å²) in [4.78, 5) is 10.9. The quantitative estimate of drug-likeness (QED) is 0.668. The molecule has 0 radical (unpaired) electrons. The summed E-state index contributed by atoms with van der Waals surface area (Å²) in [6.07, 6.45) is 5.07. The van der Waals surface area contributed by atoms with Gasteiger partial charge in [0.1, 0.15) is 10.8 Å². The number of aromatic nitrogens is 4. The van der Waals surface area contributed by atoms with E-state index in [4.69, 9.17) is 5.73 Å². The van der Waals surface area contributed by atoms with E-state index in [0.29, 0.717) is 17.6 Å². The first-order valence-corrected chi connectivity index (χ1v) is 8.60. The molecule has 0 aromatic carbocycles. The maximum atomic E-state index is 9.77. The fraction of sp³-hybridized carbons (Fsp3) is 0.571. The Balaban J connectivity index is 1.49. The first kappa shape index (κ1) is 15.9. The highest BCUT2D eigenvalue weighted by Gasteiger charge is 2.19. The van der Waals surface area contributed by atoms with Crippen LogP contribution in [0.3, 0.4) is 0 Å². The molecule has 9 heteroatoms. The molecule has 0 amide bonds. The fourth-order valence-electron chi connectivity index (χ4n) is 2.58. The number of aryl methyl sites for hydroxylation is 1. The van der Waals surface area contributed by atoms with Gasteiger partial charge in [-0.2, -0.15) is 4.98 Å². The number of aliphatic hydroxyl groups is 1. The van der Waals surface area contributed by atoms with Crippen LogP contribution in [0.4, 0.5) is 16.9 Å². The summed E-state index contributed by atoms with van der Waals surface area (Å²) < 4.78 is 0. The van der Waals surface area contributed by atoms with Crippen LogP contribution in [0.15, 0.2) is 12.3 Å². The number of rotatable bonds is 6. The third-order valence-corrected chi connectivity index (χ3v) is 4.51. The van der Waals surface area contributed by atoms with Crippen LogP contribution < -0.4 is 16.0 Å². The average Bonchev–Trinajstić information content (AvgIpc) is 2.97. The van der Waals surface area contributed by atoms with Gasteiger partial charge in [0.2, 0.25) is 11.1 Å². The van der Waals surface area contributed by atoms with Crippen molar-refractivity contribution in [2.24, 2.45) is 0 Å². The predicted molar refractivity (Wildman–Crippen MR) is 90.6 cm³/mol. The van der Waals surface area contributed by atoms with E-state index in [0.717, 1.165) is 49.6 Å². The molecule has 124 valence electrons. The monoisotopic (exact) mass is 335 g/mol. The summed E-state index contributed by atoms with van der Waals surface area (Å²) in [6.45, 7) is 2.31. The van der Waals surface area contributed by atoms with Crippen molar-refractivity contribution in [1.82, 2.24) is 20.2 Å². The Bertz CT molecular complexity index is 635. The standard InChI is InChI=1S/C14H21N7OS/c15-13-20-19-12(23-13)4-1-6-16-14-17-7-5-11(18-14)21-8-2-3-10(22)9-21/h5,7,10,22H,1-4,6,8-9H2,(H2,15,20)(H,16,17,18)/t10-/m0/s1. The fourth-order valence-corrected chi connectivity index (χ4v) is 3.23. The molecular weight excluding hydrogens is 314 g/mol. The van der Waals surface area contributed by atoms with Crippen molar-refractivity contribution in [2.75, 3.05) is 35.6 Å². The molecule has 0 saturated carbocycles. The minimum atomic E-state index is -0.269. The summed E-state index contributed by atoms with van der Waals surface area (Å²) in [5, 5.41) is 22.2. The lowest BCUT2D eigenvalue weighted by molar-refractivity contribution is 0.154. The van der Waals surface area contributed by atoms with Gasteiger partial charge in [-0.1, -0.05) is 11.3 Å². The third-order valence-electron chi connectivity index (χ3n) is 3.69. The molecule has 0 spiro atoms. The zero-order valence-corrected chi connectivity index (χ0v) is 13.7. The summed E-state index contributed by atoms with van der Waals surface area (Å²) in [5.74, 6) is 1.47. The smallest absolute Gasteiger partial charge is 0.224 e. The third kappa shape index (κ3) is 4.49. The van der Waals surface area contributed by atoms with Crippen molar-refractivity contribution < 1.29 is 5.11 Å². The minimum absolute atomic E-state index is 0.269. The maximum Gasteiger partial charge on any atom is 0.224 e. The van der Waals surface area contributed by atoms with Crippen molar-refractivity contribution >= 4 is 28.2 Å². The van der Waals surface area contributed by atoms with Crippen molar-refractivity contribution in [2.45, 2.75) is 31.8 Å². The first-order valence-electron chi connectivity index (χ1n) is 7.78. The van der Waals surface area contributed by atoms with E-state index in [1.54, 1.807) is 6.20 Å². The molecule has 1 atom stereocenters. The van der Waals surface area contributed by atoms with E-state index in [1.165, 1.54) is 11.3 Å². The normalized spacial score (nSPS) is 18.1. The van der Waals surface area contributed by atoms with Gasteiger partial charge in [-0.25, -0.2) is 4.98 Å². The molecule has 1 fully saturated rings. The molecule has 8 nitrogen and oxygen atoms in total. The van der Waals surface area contributed by atoms with Crippen molar-refractivity contribution in [3.63, 3.8) is 0 Å². The number of nitrogen functional groups attached to an aromatic ring is 1. The number of hydrogen-bond acceptors (Lipinski definition) is 9. The second-order valence-electron chi connectivity index (χ2n) is 5.54. The van der Waals surface area contributed by atoms with Crippen LogP contribution in [0.2, 0.25) is 0 Å². The van der Waals surface area contributed by atoms with Gasteiger partial charge in [0, 0.05) is 32.3 Å². The van der Waals surface area contributed by atoms with Crippen molar-refractivity contribution in [1.29, 1.82) is 0 Å². The van der Waals surface area contributed by atoms with E-state index < -0.39 is 0 Å². The Morgan fingerprint density at radius 2 is 2.35 bits per heavy atom.